The number of carbonyl (C=O) groups is 1. The standard InChI is InChI=1S/C40H56O4P/c1-29(41)42-25-17-18-26-45(32-19-15-14-16-20-32,43-35-23-21-30(37(2,3)4)27-33(35)39(8,9)10)44-36-24-22-31(38(5,6)7)28-34(36)40(11,12)13/h14-24,27-28H,25-26H2,1-13H3/q+1/b18-17+. The molecule has 0 N–H and O–H groups in total. The topological polar surface area (TPSA) is 44.8 Å². The average Bonchev–Trinajstić information content (AvgIpc) is 2.91. The third kappa shape index (κ3) is 9.69. The van der Waals surface area contributed by atoms with Gasteiger partial charge < -0.3 is 13.8 Å². The van der Waals surface area contributed by atoms with Crippen LogP contribution in [0.25, 0.3) is 0 Å². The van der Waals surface area contributed by atoms with Crippen molar-refractivity contribution in [2.75, 3.05) is 12.8 Å². The Kier molecular flexibility index (Phi) is 11.1. The van der Waals surface area contributed by atoms with Crippen LogP contribution in [0, 0.1) is 0 Å². The highest BCUT2D eigenvalue weighted by Crippen LogP contribution is 2.61. The fourth-order valence-electron chi connectivity index (χ4n) is 5.05. The van der Waals surface area contributed by atoms with E-state index < -0.39 is 7.72 Å². The zero-order chi connectivity index (χ0) is 33.8. The lowest BCUT2D eigenvalue weighted by atomic mass is 9.80. The fraction of sp³-hybridized carbons (Fsp3) is 0.475. The molecule has 0 fully saturated rings. The van der Waals surface area contributed by atoms with Gasteiger partial charge in [0, 0.05) is 18.1 Å². The van der Waals surface area contributed by atoms with Gasteiger partial charge in [0.25, 0.3) is 0 Å². The Morgan fingerprint density at radius 3 is 1.44 bits per heavy atom. The third-order valence-electron chi connectivity index (χ3n) is 7.84. The van der Waals surface area contributed by atoms with Gasteiger partial charge in [0.05, 0.1) is 0 Å². The number of allylic oxidation sites excluding steroid dienone is 1. The highest BCUT2D eigenvalue weighted by molar-refractivity contribution is 7.75. The van der Waals surface area contributed by atoms with Gasteiger partial charge in [-0.15, -0.1) is 0 Å². The van der Waals surface area contributed by atoms with E-state index in [-0.39, 0.29) is 34.2 Å². The van der Waals surface area contributed by atoms with Crippen molar-refractivity contribution in [2.45, 2.75) is 112 Å². The first-order chi connectivity index (χ1) is 20.6. The van der Waals surface area contributed by atoms with Crippen molar-refractivity contribution in [2.24, 2.45) is 0 Å². The molecule has 0 aromatic heterocycles. The van der Waals surface area contributed by atoms with Gasteiger partial charge in [-0.1, -0.05) is 126 Å². The van der Waals surface area contributed by atoms with Crippen LogP contribution in [0.2, 0.25) is 0 Å². The molecule has 0 heterocycles. The molecular weight excluding hydrogens is 575 g/mol. The Labute approximate surface area is 274 Å². The predicted molar refractivity (Wildman–Crippen MR) is 193 cm³/mol. The lowest BCUT2D eigenvalue weighted by Gasteiger charge is -2.31. The van der Waals surface area contributed by atoms with Crippen molar-refractivity contribution in [3.05, 3.63) is 101 Å². The number of esters is 1. The normalized spacial score (nSPS) is 13.2. The first kappa shape index (κ1) is 36.4. The molecule has 0 unspecified atom stereocenters. The fourth-order valence-corrected chi connectivity index (χ4v) is 7.66. The molecule has 244 valence electrons. The molecular formula is C40H56O4P+. The summed E-state index contributed by atoms with van der Waals surface area (Å²) in [5.41, 5.74) is 4.46. The van der Waals surface area contributed by atoms with E-state index in [0.717, 1.165) is 27.9 Å². The SMILES string of the molecule is CC(=O)OC/C=C/C[P+](Oc1ccc(C(C)(C)C)cc1C(C)(C)C)(Oc1ccc(C(C)(C)C)cc1C(C)(C)C)c1ccccc1. The number of benzene rings is 3. The number of hydrogen-bond acceptors (Lipinski definition) is 4. The number of rotatable bonds is 9. The van der Waals surface area contributed by atoms with E-state index in [1.807, 2.05) is 30.4 Å². The Hall–Kier alpha value is -3.10. The van der Waals surface area contributed by atoms with Crippen LogP contribution in [0.3, 0.4) is 0 Å². The Balaban J connectivity index is 2.31. The van der Waals surface area contributed by atoms with Crippen molar-refractivity contribution in [3.8, 4) is 11.5 Å². The molecule has 0 aliphatic rings. The van der Waals surface area contributed by atoms with Gasteiger partial charge in [-0.05, 0) is 69.2 Å². The molecule has 5 heteroatoms. The van der Waals surface area contributed by atoms with Crippen LogP contribution in [0.4, 0.5) is 0 Å². The molecule has 3 aromatic carbocycles. The molecule has 4 nitrogen and oxygen atoms in total. The Morgan fingerprint density at radius 1 is 0.622 bits per heavy atom. The van der Waals surface area contributed by atoms with Crippen LogP contribution < -0.4 is 14.4 Å². The first-order valence-electron chi connectivity index (χ1n) is 16.0. The minimum Gasteiger partial charge on any atom is -0.462 e. The molecule has 0 amide bonds. The molecule has 0 aliphatic heterocycles. The van der Waals surface area contributed by atoms with Crippen molar-refractivity contribution in [3.63, 3.8) is 0 Å². The van der Waals surface area contributed by atoms with Crippen molar-refractivity contribution in [1.82, 2.24) is 0 Å². The summed E-state index contributed by atoms with van der Waals surface area (Å²) in [7, 11) is -2.89. The summed E-state index contributed by atoms with van der Waals surface area (Å²) in [6, 6.07) is 23.5. The second-order valence-electron chi connectivity index (χ2n) is 16.1. The lowest BCUT2D eigenvalue weighted by Crippen LogP contribution is -2.27. The van der Waals surface area contributed by atoms with Crippen LogP contribution in [-0.4, -0.2) is 18.7 Å². The summed E-state index contributed by atoms with van der Waals surface area (Å²) in [4.78, 5) is 11.5. The van der Waals surface area contributed by atoms with Crippen LogP contribution in [-0.2, 0) is 31.2 Å². The predicted octanol–water partition coefficient (Wildman–Crippen LogP) is 10.6. The van der Waals surface area contributed by atoms with Gasteiger partial charge in [-0.2, -0.15) is 0 Å². The quantitative estimate of drug-likeness (QED) is 0.134. The van der Waals surface area contributed by atoms with Crippen molar-refractivity contribution >= 4 is 19.0 Å². The molecule has 0 atom stereocenters. The summed E-state index contributed by atoms with van der Waals surface area (Å²) in [5.74, 6) is 1.34. The maximum absolute atomic E-state index is 11.5. The average molecular weight is 632 g/mol. The van der Waals surface area contributed by atoms with Crippen molar-refractivity contribution in [1.29, 1.82) is 0 Å². The van der Waals surface area contributed by atoms with Gasteiger partial charge in [0.2, 0.25) is 0 Å². The minimum atomic E-state index is -2.89. The molecule has 0 bridgehead atoms. The van der Waals surface area contributed by atoms with Crippen LogP contribution in [0.5, 0.6) is 11.5 Å². The van der Waals surface area contributed by atoms with Gasteiger partial charge in [-0.3, -0.25) is 4.79 Å². The highest BCUT2D eigenvalue weighted by Gasteiger charge is 2.49. The molecule has 0 saturated carbocycles. The maximum atomic E-state index is 11.5. The van der Waals surface area contributed by atoms with E-state index in [1.54, 1.807) is 0 Å². The second-order valence-corrected chi connectivity index (χ2v) is 18.7. The smallest absolute Gasteiger partial charge is 0.400 e. The van der Waals surface area contributed by atoms with Gasteiger partial charge >= 0.3 is 13.7 Å². The highest BCUT2D eigenvalue weighted by atomic mass is 31.2. The largest absolute Gasteiger partial charge is 0.462 e. The molecule has 0 radical (unpaired) electrons. The Bertz CT molecular complexity index is 1400. The summed E-state index contributed by atoms with van der Waals surface area (Å²) < 4.78 is 19.9. The Morgan fingerprint density at radius 2 is 1.07 bits per heavy atom. The molecule has 45 heavy (non-hydrogen) atoms. The van der Waals surface area contributed by atoms with E-state index in [0.29, 0.717) is 6.16 Å². The molecule has 0 spiro atoms. The van der Waals surface area contributed by atoms with Crippen LogP contribution in [0.15, 0.2) is 78.9 Å². The summed E-state index contributed by atoms with van der Waals surface area (Å²) >= 11 is 0. The molecule has 3 rings (SSSR count). The van der Waals surface area contributed by atoms with E-state index in [9.17, 15) is 4.79 Å². The minimum absolute atomic E-state index is 0.00342. The monoisotopic (exact) mass is 631 g/mol. The maximum Gasteiger partial charge on any atom is 0.400 e. The molecule has 0 saturated heterocycles. The number of hydrogen-bond donors (Lipinski definition) is 0. The third-order valence-corrected chi connectivity index (χ3v) is 10.6. The van der Waals surface area contributed by atoms with Gasteiger partial charge in [0.15, 0.2) is 23.0 Å². The second kappa shape index (κ2) is 13.7. The van der Waals surface area contributed by atoms with Crippen LogP contribution >= 0.6 is 7.72 Å². The number of ether oxygens (including phenoxy) is 1. The van der Waals surface area contributed by atoms with Crippen LogP contribution in [0.1, 0.15) is 112 Å². The summed E-state index contributed by atoms with van der Waals surface area (Å²) in [6.07, 6.45) is 4.41. The number of carbonyl (C=O) groups excluding carboxylic acids is 1. The summed E-state index contributed by atoms with van der Waals surface area (Å²) in [6.45, 7) is 28.4. The molecule has 0 aliphatic carbocycles. The summed E-state index contributed by atoms with van der Waals surface area (Å²) in [5, 5.41) is 1.00. The van der Waals surface area contributed by atoms with E-state index in [4.69, 9.17) is 13.8 Å². The zero-order valence-corrected chi connectivity index (χ0v) is 30.9. The zero-order valence-electron chi connectivity index (χ0n) is 30.0. The van der Waals surface area contributed by atoms with Crippen molar-refractivity contribution < 1.29 is 18.6 Å². The lowest BCUT2D eigenvalue weighted by molar-refractivity contribution is -0.139. The molecule has 3 aromatic rings. The first-order valence-corrected chi connectivity index (χ1v) is 17.9. The van der Waals surface area contributed by atoms with E-state index >= 15 is 0 Å². The van der Waals surface area contributed by atoms with E-state index in [1.165, 1.54) is 18.1 Å². The van der Waals surface area contributed by atoms with Gasteiger partial charge in [0.1, 0.15) is 6.61 Å². The van der Waals surface area contributed by atoms with Gasteiger partial charge in [-0.25, -0.2) is 0 Å². The van der Waals surface area contributed by atoms with E-state index in [2.05, 4.69) is 132 Å².